The normalized spacial score (nSPS) is 19.0. The lowest BCUT2D eigenvalue weighted by molar-refractivity contribution is -0.155. The second kappa shape index (κ2) is 27.0. The summed E-state index contributed by atoms with van der Waals surface area (Å²) in [5.41, 5.74) is 10.7. The summed E-state index contributed by atoms with van der Waals surface area (Å²) in [6.07, 6.45) is 5.89. The van der Waals surface area contributed by atoms with Crippen molar-refractivity contribution in [1.29, 1.82) is 0 Å². The minimum Gasteiger partial charge on any atom is -0.464 e. The van der Waals surface area contributed by atoms with Crippen molar-refractivity contribution in [1.82, 2.24) is 40.0 Å². The molecule has 0 saturated carbocycles. The van der Waals surface area contributed by atoms with Gasteiger partial charge in [0.2, 0.25) is 11.8 Å². The average molecular weight is 1070 g/mol. The van der Waals surface area contributed by atoms with Gasteiger partial charge >= 0.3 is 5.97 Å². The van der Waals surface area contributed by atoms with Crippen LogP contribution in [0.4, 0.5) is 0 Å². The van der Waals surface area contributed by atoms with Gasteiger partial charge in [0, 0.05) is 81.0 Å². The number of cyclic esters (lactones) is 1. The molecular weight excluding hydrogens is 989 g/mol. The van der Waals surface area contributed by atoms with E-state index in [1.54, 1.807) is 25.3 Å². The Morgan fingerprint density at radius 3 is 2.43 bits per heavy atom. The van der Waals surface area contributed by atoms with Crippen molar-refractivity contribution in [3.05, 3.63) is 77.6 Å². The molecule has 0 radical (unpaired) electrons. The third-order valence-electron chi connectivity index (χ3n) is 13.3. The smallest absolute Gasteiger partial charge is 0.324 e. The molecule has 2 fully saturated rings. The van der Waals surface area contributed by atoms with Crippen molar-refractivity contribution in [2.75, 3.05) is 61.0 Å². The summed E-state index contributed by atoms with van der Waals surface area (Å²) in [5.74, 6) is 2.83. The molecule has 394 valence electrons. The van der Waals surface area contributed by atoms with Crippen LogP contribution in [0.1, 0.15) is 70.6 Å². The molecule has 2 aromatic heterocycles. The number of carbonyl (C=O) groups is 5. The molecule has 0 aliphatic carbocycles. The van der Waals surface area contributed by atoms with Gasteiger partial charge in [0.15, 0.2) is 0 Å². The van der Waals surface area contributed by atoms with Crippen LogP contribution < -0.4 is 10.7 Å². The quantitative estimate of drug-likeness (QED) is 0.153. The number of hydrazine groups is 1. The van der Waals surface area contributed by atoms with Crippen LogP contribution in [0.15, 0.2) is 60.9 Å². The van der Waals surface area contributed by atoms with Crippen molar-refractivity contribution in [2.24, 2.45) is 17.3 Å². The van der Waals surface area contributed by atoms with E-state index in [2.05, 4.69) is 83.2 Å². The number of methoxy groups -OCH3 is 1. The third-order valence-corrected chi connectivity index (χ3v) is 13.3. The highest BCUT2D eigenvalue weighted by Crippen LogP contribution is 2.41. The highest BCUT2D eigenvalue weighted by Gasteiger charge is 2.40. The molecule has 3 aliphatic rings. The standard InChI is InChI=1S/C53H68N8O7.4H2S/c1-10-60-45-19-18-37-28-40(45)41(48(60)42-30-54-22-20-39(42)32-67-9)29-53(4,5)33-68-52(66)43-16-12-24-61(56-43)51(65)44(27-35-14-11-15-36(37)26-35)55-49(63)47(34(2)3)58(8)50(64)38-21-25-59(31-38)46(62)17-13-23-57(6)7;;;;/h11,14-15,18-20,22,26,28,30,34,38,43-44,47,56H,10,12,16,21,23-25,27,29,31-33H2,1-9H3,(H,55,63);4*1H2/t38-,43-,44-,47-;;;;/m0..../s1. The Hall–Kier alpha value is -4.68. The number of ether oxygens (including phenoxy) is 2. The molecule has 7 rings (SSSR count). The number of likely N-dealkylation sites (N-methyl/N-ethyl adjacent to an activating group) is 1. The highest BCUT2D eigenvalue weighted by atomic mass is 32.1. The van der Waals surface area contributed by atoms with Gasteiger partial charge in [0.05, 0.1) is 31.4 Å². The number of carbonyl (C=O) groups excluding carboxylic acids is 5. The Morgan fingerprint density at radius 2 is 1.74 bits per heavy atom. The molecule has 2 N–H and O–H groups in total. The third kappa shape index (κ3) is 14.1. The van der Waals surface area contributed by atoms with Crippen LogP contribution in [-0.4, -0.2) is 138 Å². The van der Waals surface area contributed by atoms with E-state index in [4.69, 9.17) is 9.47 Å². The maximum atomic E-state index is 14.7. The molecule has 2 aromatic carbocycles. The molecule has 72 heavy (non-hydrogen) atoms. The number of likely N-dealkylation sites (tertiary alicyclic amines) is 1. The number of benzene rings is 2. The fourth-order valence-electron chi connectivity index (χ4n) is 9.96. The van der Waals surface area contributed by atoms with Gasteiger partial charge in [-0.05, 0) is 105 Å². The van der Waals surface area contributed by atoms with Crippen molar-refractivity contribution < 1.29 is 33.4 Å². The van der Waals surface area contributed by atoms with Crippen LogP contribution in [0.2, 0.25) is 0 Å². The number of aromatic nitrogens is 2. The zero-order valence-electron chi connectivity index (χ0n) is 43.2. The van der Waals surface area contributed by atoms with E-state index >= 15 is 0 Å². The molecule has 0 unspecified atom stereocenters. The van der Waals surface area contributed by atoms with Gasteiger partial charge in [-0.25, -0.2) is 5.43 Å². The number of esters is 1. The predicted molar refractivity (Wildman–Crippen MR) is 303 cm³/mol. The van der Waals surface area contributed by atoms with E-state index in [1.165, 1.54) is 9.91 Å². The fraction of sp³-hybridized carbons (Fsp3) is 0.509. The largest absolute Gasteiger partial charge is 0.464 e. The van der Waals surface area contributed by atoms with Crippen LogP contribution in [0.5, 0.6) is 0 Å². The number of pyridine rings is 1. The molecule has 15 nitrogen and oxygen atoms in total. The number of nitrogens with one attached hydrogen (secondary N) is 2. The second-order valence-corrected chi connectivity index (χ2v) is 19.9. The second-order valence-electron chi connectivity index (χ2n) is 19.9. The van der Waals surface area contributed by atoms with Gasteiger partial charge in [-0.2, -0.15) is 54.0 Å². The predicted octanol–water partition coefficient (Wildman–Crippen LogP) is 5.53. The van der Waals surface area contributed by atoms with E-state index in [0.29, 0.717) is 58.5 Å². The van der Waals surface area contributed by atoms with E-state index in [0.717, 1.165) is 50.0 Å². The number of hydrogen-bond donors (Lipinski definition) is 2. The molecule has 4 aromatic rings. The Kier molecular flexibility index (Phi) is 23.1. The average Bonchev–Trinajstić information content (AvgIpc) is 3.93. The summed E-state index contributed by atoms with van der Waals surface area (Å²) in [4.78, 5) is 79.7. The van der Waals surface area contributed by atoms with Gasteiger partial charge in [-0.15, -0.1) is 0 Å². The molecule has 2 saturated heterocycles. The number of fused-ring (bicyclic) bond motifs is 6. The minimum absolute atomic E-state index is 0. The monoisotopic (exact) mass is 1060 g/mol. The van der Waals surface area contributed by atoms with Crippen LogP contribution in [0, 0.1) is 29.1 Å². The molecule has 6 bridgehead atoms. The summed E-state index contributed by atoms with van der Waals surface area (Å²) >= 11 is 0. The number of hydrogen-bond acceptors (Lipinski definition) is 10. The first-order valence-corrected chi connectivity index (χ1v) is 23.9. The van der Waals surface area contributed by atoms with Gasteiger partial charge < -0.3 is 29.2 Å². The van der Waals surface area contributed by atoms with Crippen LogP contribution in [0.3, 0.4) is 0 Å². The van der Waals surface area contributed by atoms with Crippen LogP contribution in [-0.2, 0) is 59.4 Å². The molecular formula is C53H76N8O7S4. The van der Waals surface area contributed by atoms with Crippen molar-refractivity contribution in [3.8, 4) is 34.2 Å². The van der Waals surface area contributed by atoms with Gasteiger partial charge in [-0.1, -0.05) is 63.9 Å². The van der Waals surface area contributed by atoms with Gasteiger partial charge in [0.1, 0.15) is 18.1 Å². The zero-order valence-corrected chi connectivity index (χ0v) is 47.2. The number of aryl methyl sites for hydroxylation is 1. The minimum atomic E-state index is -1.06. The molecule has 0 spiro atoms. The molecule has 3 aliphatic heterocycles. The number of nitrogens with zero attached hydrogens (tertiary/aromatic N) is 6. The lowest BCUT2D eigenvalue weighted by Crippen LogP contribution is -2.62. The summed E-state index contributed by atoms with van der Waals surface area (Å²) in [5, 5.41) is 5.58. The summed E-state index contributed by atoms with van der Waals surface area (Å²) in [6.45, 7) is 12.7. The summed E-state index contributed by atoms with van der Waals surface area (Å²) in [6, 6.07) is 13.8. The molecule has 5 heterocycles. The van der Waals surface area contributed by atoms with Crippen LogP contribution >= 0.6 is 54.0 Å². The van der Waals surface area contributed by atoms with Crippen molar-refractivity contribution >= 4 is 94.5 Å². The Labute approximate surface area is 453 Å². The maximum absolute atomic E-state index is 14.7. The van der Waals surface area contributed by atoms with Gasteiger partial charge in [0.25, 0.3) is 11.8 Å². The Morgan fingerprint density at radius 1 is 1.00 bits per heavy atom. The maximum Gasteiger partial charge on any atom is 0.324 e. The number of rotatable bonds is 10. The van der Waals surface area contributed by atoms with E-state index in [-0.39, 0.29) is 91.3 Å². The molecule has 19 heteroatoms. The molecule has 4 atom stereocenters. The topological polar surface area (TPSA) is 159 Å². The first-order chi connectivity index (χ1) is 32.5. The van der Waals surface area contributed by atoms with E-state index in [1.807, 2.05) is 57.2 Å². The Balaban J connectivity index is 0.00000342. The van der Waals surface area contributed by atoms with Crippen LogP contribution in [0.25, 0.3) is 33.3 Å². The van der Waals surface area contributed by atoms with Crippen molar-refractivity contribution in [2.45, 2.75) is 98.0 Å². The SMILES string of the molecule is CCn1c(-c2cnccc2COC)c2c3cc(ccc31)-c1cccc(c1)C[C@H](NC(=O)[C@H](C(C)C)N(C)C(=O)[C@H]1CCN(C(=O)C#CCN(C)C)C1)C(=O)N1CCC[C@H](N1)C(=O)OCC(C)(C)C2.S.S.S.S. The number of amides is 4. The first-order valence-electron chi connectivity index (χ1n) is 23.9. The molecule has 4 amide bonds. The Bertz CT molecular complexity index is 2610. The first kappa shape index (κ1) is 61.6. The zero-order chi connectivity index (χ0) is 48.9. The van der Waals surface area contributed by atoms with Gasteiger partial charge in [-0.3, -0.25) is 38.9 Å². The van der Waals surface area contributed by atoms with Crippen molar-refractivity contribution in [3.63, 3.8) is 0 Å². The summed E-state index contributed by atoms with van der Waals surface area (Å²) < 4.78 is 14.1. The lowest BCUT2D eigenvalue weighted by Gasteiger charge is -2.37. The lowest BCUT2D eigenvalue weighted by atomic mass is 9.84. The fourth-order valence-corrected chi connectivity index (χ4v) is 9.96. The van der Waals surface area contributed by atoms with E-state index in [9.17, 15) is 24.0 Å². The summed E-state index contributed by atoms with van der Waals surface area (Å²) in [7, 11) is 7.05. The van der Waals surface area contributed by atoms with E-state index < -0.39 is 47.2 Å². The highest BCUT2D eigenvalue weighted by molar-refractivity contribution is 7.59.